The Balaban J connectivity index is 1.98. The van der Waals surface area contributed by atoms with Crippen molar-refractivity contribution in [2.24, 2.45) is 0 Å². The SMILES string of the molecule is CC[C@@H](C)Nc1nc(Nc2cc(C)cc(C)c2)cc(-c2ccccc2)n1. The van der Waals surface area contributed by atoms with Crippen molar-refractivity contribution < 1.29 is 0 Å². The molecule has 2 aromatic carbocycles. The molecule has 0 saturated carbocycles. The van der Waals surface area contributed by atoms with Crippen LogP contribution >= 0.6 is 0 Å². The average Bonchev–Trinajstić information content (AvgIpc) is 2.61. The predicted molar refractivity (Wildman–Crippen MR) is 110 cm³/mol. The number of nitrogens with zero attached hydrogens (tertiary/aromatic N) is 2. The Hall–Kier alpha value is -2.88. The maximum atomic E-state index is 4.71. The van der Waals surface area contributed by atoms with E-state index >= 15 is 0 Å². The Morgan fingerprint density at radius 2 is 1.62 bits per heavy atom. The molecule has 4 nitrogen and oxygen atoms in total. The molecule has 1 heterocycles. The topological polar surface area (TPSA) is 49.8 Å². The van der Waals surface area contributed by atoms with Crippen molar-refractivity contribution in [3.8, 4) is 11.3 Å². The van der Waals surface area contributed by atoms with Crippen LogP contribution in [0.25, 0.3) is 11.3 Å². The molecule has 0 fully saturated rings. The molecule has 0 aliphatic rings. The number of rotatable bonds is 6. The second kappa shape index (κ2) is 8.00. The summed E-state index contributed by atoms with van der Waals surface area (Å²) in [6, 6.07) is 18.9. The lowest BCUT2D eigenvalue weighted by molar-refractivity contribution is 0.753. The standard InChI is InChI=1S/C22H26N4/c1-5-17(4)23-22-25-20(18-9-7-6-8-10-18)14-21(26-22)24-19-12-15(2)11-16(3)13-19/h6-14,17H,5H2,1-4H3,(H2,23,24,25,26)/t17-/m1/s1. The Labute approximate surface area is 155 Å². The molecule has 0 amide bonds. The Bertz CT molecular complexity index is 854. The molecule has 1 aromatic heterocycles. The van der Waals surface area contributed by atoms with Gasteiger partial charge in [-0.15, -0.1) is 0 Å². The van der Waals surface area contributed by atoms with Crippen LogP contribution in [0.2, 0.25) is 0 Å². The Morgan fingerprint density at radius 3 is 2.27 bits per heavy atom. The minimum absolute atomic E-state index is 0.315. The highest BCUT2D eigenvalue weighted by atomic mass is 15.2. The van der Waals surface area contributed by atoms with Crippen LogP contribution in [0.1, 0.15) is 31.4 Å². The van der Waals surface area contributed by atoms with Crippen molar-refractivity contribution >= 4 is 17.5 Å². The quantitative estimate of drug-likeness (QED) is 0.600. The van der Waals surface area contributed by atoms with E-state index in [9.17, 15) is 0 Å². The van der Waals surface area contributed by atoms with Crippen molar-refractivity contribution in [3.05, 3.63) is 65.7 Å². The highest BCUT2D eigenvalue weighted by molar-refractivity contribution is 5.67. The van der Waals surface area contributed by atoms with Crippen LogP contribution in [-0.4, -0.2) is 16.0 Å². The van der Waals surface area contributed by atoms with Gasteiger partial charge in [-0.3, -0.25) is 0 Å². The molecule has 0 bridgehead atoms. The van der Waals surface area contributed by atoms with Crippen LogP contribution in [0.4, 0.5) is 17.5 Å². The maximum absolute atomic E-state index is 4.71. The largest absolute Gasteiger partial charge is 0.352 e. The van der Waals surface area contributed by atoms with E-state index < -0.39 is 0 Å². The first kappa shape index (κ1) is 17.9. The molecular weight excluding hydrogens is 320 g/mol. The van der Waals surface area contributed by atoms with Gasteiger partial charge >= 0.3 is 0 Å². The predicted octanol–water partition coefficient (Wildman–Crippen LogP) is 5.71. The van der Waals surface area contributed by atoms with E-state index in [4.69, 9.17) is 4.98 Å². The first-order valence-corrected chi connectivity index (χ1v) is 9.10. The van der Waals surface area contributed by atoms with E-state index in [-0.39, 0.29) is 0 Å². The molecule has 1 atom stereocenters. The first-order valence-electron chi connectivity index (χ1n) is 9.10. The van der Waals surface area contributed by atoms with E-state index in [1.54, 1.807) is 0 Å². The van der Waals surface area contributed by atoms with E-state index in [1.165, 1.54) is 11.1 Å². The zero-order valence-corrected chi connectivity index (χ0v) is 15.9. The molecule has 0 saturated heterocycles. The van der Waals surface area contributed by atoms with Crippen molar-refractivity contribution in [1.82, 2.24) is 9.97 Å². The van der Waals surface area contributed by atoms with Crippen LogP contribution in [0.15, 0.2) is 54.6 Å². The van der Waals surface area contributed by atoms with Gasteiger partial charge in [0.05, 0.1) is 5.69 Å². The van der Waals surface area contributed by atoms with Gasteiger partial charge < -0.3 is 10.6 Å². The molecule has 26 heavy (non-hydrogen) atoms. The molecule has 0 spiro atoms. The fraction of sp³-hybridized carbons (Fsp3) is 0.273. The number of aromatic nitrogens is 2. The Morgan fingerprint density at radius 1 is 0.923 bits per heavy atom. The van der Waals surface area contributed by atoms with Crippen LogP contribution in [0, 0.1) is 13.8 Å². The highest BCUT2D eigenvalue weighted by Crippen LogP contribution is 2.25. The summed E-state index contributed by atoms with van der Waals surface area (Å²) in [7, 11) is 0. The zero-order chi connectivity index (χ0) is 18.5. The number of nitrogens with one attached hydrogen (secondary N) is 2. The fourth-order valence-electron chi connectivity index (χ4n) is 2.85. The number of benzene rings is 2. The van der Waals surface area contributed by atoms with Crippen molar-refractivity contribution in [1.29, 1.82) is 0 Å². The smallest absolute Gasteiger partial charge is 0.225 e. The number of hydrogen-bond acceptors (Lipinski definition) is 4. The van der Waals surface area contributed by atoms with Gasteiger partial charge in [-0.05, 0) is 50.5 Å². The summed E-state index contributed by atoms with van der Waals surface area (Å²) in [5, 5.41) is 6.82. The summed E-state index contributed by atoms with van der Waals surface area (Å²) in [6.45, 7) is 8.48. The third-order valence-electron chi connectivity index (χ3n) is 4.28. The maximum Gasteiger partial charge on any atom is 0.225 e. The van der Waals surface area contributed by atoms with Gasteiger partial charge in [0, 0.05) is 23.4 Å². The lowest BCUT2D eigenvalue weighted by Gasteiger charge is -2.15. The van der Waals surface area contributed by atoms with Crippen LogP contribution < -0.4 is 10.6 Å². The van der Waals surface area contributed by atoms with E-state index in [0.717, 1.165) is 29.2 Å². The molecule has 0 radical (unpaired) electrons. The fourth-order valence-corrected chi connectivity index (χ4v) is 2.85. The average molecular weight is 346 g/mol. The molecule has 0 unspecified atom stereocenters. The van der Waals surface area contributed by atoms with Gasteiger partial charge in [-0.25, -0.2) is 4.98 Å². The van der Waals surface area contributed by atoms with Gasteiger partial charge in [0.25, 0.3) is 0 Å². The van der Waals surface area contributed by atoms with Crippen molar-refractivity contribution in [2.45, 2.75) is 40.2 Å². The minimum atomic E-state index is 0.315. The van der Waals surface area contributed by atoms with E-state index in [1.807, 2.05) is 24.3 Å². The van der Waals surface area contributed by atoms with Crippen LogP contribution in [-0.2, 0) is 0 Å². The second-order valence-corrected chi connectivity index (χ2v) is 6.78. The van der Waals surface area contributed by atoms with E-state index in [0.29, 0.717) is 12.0 Å². The zero-order valence-electron chi connectivity index (χ0n) is 15.9. The van der Waals surface area contributed by atoms with Crippen LogP contribution in [0.3, 0.4) is 0 Å². The summed E-state index contributed by atoms with van der Waals surface area (Å²) in [5.41, 5.74) is 5.46. The van der Waals surface area contributed by atoms with Gasteiger partial charge in [-0.1, -0.05) is 43.3 Å². The Kier molecular flexibility index (Phi) is 5.52. The van der Waals surface area contributed by atoms with E-state index in [2.05, 4.69) is 73.6 Å². The molecule has 2 N–H and O–H groups in total. The molecule has 4 heteroatoms. The minimum Gasteiger partial charge on any atom is -0.352 e. The van der Waals surface area contributed by atoms with Gasteiger partial charge in [-0.2, -0.15) is 4.98 Å². The molecule has 3 aromatic rings. The molecule has 3 rings (SSSR count). The molecular formula is C22H26N4. The third kappa shape index (κ3) is 4.60. The number of aryl methyl sites for hydroxylation is 2. The third-order valence-corrected chi connectivity index (χ3v) is 4.28. The lowest BCUT2D eigenvalue weighted by atomic mass is 10.1. The summed E-state index contributed by atoms with van der Waals surface area (Å²) in [5.74, 6) is 1.43. The normalized spacial score (nSPS) is 11.8. The summed E-state index contributed by atoms with van der Waals surface area (Å²) < 4.78 is 0. The number of hydrogen-bond donors (Lipinski definition) is 2. The van der Waals surface area contributed by atoms with Gasteiger partial charge in [0.2, 0.25) is 5.95 Å². The molecule has 0 aliphatic carbocycles. The monoisotopic (exact) mass is 346 g/mol. The molecule has 0 aliphatic heterocycles. The second-order valence-electron chi connectivity index (χ2n) is 6.78. The summed E-state index contributed by atoms with van der Waals surface area (Å²) in [6.07, 6.45) is 1.01. The summed E-state index contributed by atoms with van der Waals surface area (Å²) in [4.78, 5) is 9.37. The number of anilines is 3. The van der Waals surface area contributed by atoms with Crippen molar-refractivity contribution in [2.75, 3.05) is 10.6 Å². The van der Waals surface area contributed by atoms with Crippen molar-refractivity contribution in [3.63, 3.8) is 0 Å². The summed E-state index contributed by atoms with van der Waals surface area (Å²) >= 11 is 0. The lowest BCUT2D eigenvalue weighted by Crippen LogP contribution is -2.16. The highest BCUT2D eigenvalue weighted by Gasteiger charge is 2.09. The van der Waals surface area contributed by atoms with Gasteiger partial charge in [0.15, 0.2) is 0 Å². The van der Waals surface area contributed by atoms with Crippen LogP contribution in [0.5, 0.6) is 0 Å². The molecule has 134 valence electrons. The van der Waals surface area contributed by atoms with Gasteiger partial charge in [0.1, 0.15) is 5.82 Å². The first-order chi connectivity index (χ1) is 12.5.